The molecule has 6 heteroatoms. The number of nitrogens with one attached hydrogen (secondary N) is 2. The van der Waals surface area contributed by atoms with Crippen molar-refractivity contribution < 1.29 is 19.1 Å². The third kappa shape index (κ3) is 3.96. The van der Waals surface area contributed by atoms with Crippen LogP contribution in [0.4, 0.5) is 10.5 Å². The minimum absolute atomic E-state index is 0.00250. The molecule has 2 aromatic carbocycles. The van der Waals surface area contributed by atoms with Crippen molar-refractivity contribution in [3.8, 4) is 5.75 Å². The Labute approximate surface area is 152 Å². The summed E-state index contributed by atoms with van der Waals surface area (Å²) in [6.45, 7) is 0.557. The first-order chi connectivity index (χ1) is 12.6. The molecule has 1 saturated carbocycles. The normalized spacial score (nSPS) is 14.2. The molecule has 0 radical (unpaired) electrons. The quantitative estimate of drug-likeness (QED) is 0.780. The lowest BCUT2D eigenvalue weighted by Crippen LogP contribution is -2.35. The van der Waals surface area contributed by atoms with Gasteiger partial charge in [0, 0.05) is 17.6 Å². The van der Waals surface area contributed by atoms with E-state index >= 15 is 0 Å². The molecular formula is C20H22N2O4. The number of hydrogen-bond donors (Lipinski definition) is 2. The third-order valence-corrected chi connectivity index (χ3v) is 4.68. The molecule has 2 amide bonds. The summed E-state index contributed by atoms with van der Waals surface area (Å²) in [5.41, 5.74) is 2.13. The molecule has 0 atom stereocenters. The van der Waals surface area contributed by atoms with E-state index in [9.17, 15) is 9.59 Å². The largest absolute Gasteiger partial charge is 0.497 e. The van der Waals surface area contributed by atoms with Gasteiger partial charge in [-0.2, -0.15) is 0 Å². The molecule has 0 spiro atoms. The van der Waals surface area contributed by atoms with E-state index in [4.69, 9.17) is 4.74 Å². The summed E-state index contributed by atoms with van der Waals surface area (Å²) in [4.78, 5) is 23.8. The molecule has 0 heterocycles. The van der Waals surface area contributed by atoms with Gasteiger partial charge in [0.05, 0.1) is 19.8 Å². The van der Waals surface area contributed by atoms with Gasteiger partial charge in [-0.1, -0.05) is 18.2 Å². The van der Waals surface area contributed by atoms with E-state index < -0.39 is 5.97 Å². The van der Waals surface area contributed by atoms with Gasteiger partial charge in [-0.05, 0) is 48.7 Å². The summed E-state index contributed by atoms with van der Waals surface area (Å²) >= 11 is 0. The maximum atomic E-state index is 12.2. The van der Waals surface area contributed by atoms with Gasteiger partial charge < -0.3 is 20.1 Å². The highest BCUT2D eigenvalue weighted by Crippen LogP contribution is 2.47. The van der Waals surface area contributed by atoms with Crippen LogP contribution in [-0.2, 0) is 10.2 Å². The fourth-order valence-corrected chi connectivity index (χ4v) is 2.93. The Bertz CT molecular complexity index is 798. The summed E-state index contributed by atoms with van der Waals surface area (Å²) in [7, 11) is 2.96. The number of carbonyl (C=O) groups excluding carboxylic acids is 2. The molecule has 0 unspecified atom stereocenters. The van der Waals surface area contributed by atoms with Crippen LogP contribution in [-0.4, -0.2) is 32.8 Å². The monoisotopic (exact) mass is 354 g/mol. The number of ether oxygens (including phenoxy) is 2. The predicted molar refractivity (Wildman–Crippen MR) is 98.7 cm³/mol. The van der Waals surface area contributed by atoms with Crippen LogP contribution in [0.15, 0.2) is 48.5 Å². The lowest BCUT2D eigenvalue weighted by Gasteiger charge is -2.17. The first-order valence-electron chi connectivity index (χ1n) is 8.44. The molecule has 6 nitrogen and oxygen atoms in total. The van der Waals surface area contributed by atoms with Crippen LogP contribution in [0.3, 0.4) is 0 Å². The fourth-order valence-electron chi connectivity index (χ4n) is 2.93. The first kappa shape index (κ1) is 17.8. The maximum Gasteiger partial charge on any atom is 0.337 e. The highest BCUT2D eigenvalue weighted by molar-refractivity contribution is 5.93. The number of carbonyl (C=O) groups is 2. The Morgan fingerprint density at radius 1 is 1.08 bits per heavy atom. The minimum Gasteiger partial charge on any atom is -0.497 e. The van der Waals surface area contributed by atoms with Crippen LogP contribution >= 0.6 is 0 Å². The third-order valence-electron chi connectivity index (χ3n) is 4.68. The van der Waals surface area contributed by atoms with Gasteiger partial charge >= 0.3 is 12.0 Å². The van der Waals surface area contributed by atoms with Crippen molar-refractivity contribution >= 4 is 17.7 Å². The van der Waals surface area contributed by atoms with Gasteiger partial charge in [0.15, 0.2) is 0 Å². The van der Waals surface area contributed by atoms with Crippen LogP contribution in [0.1, 0.15) is 28.8 Å². The Morgan fingerprint density at radius 2 is 1.81 bits per heavy atom. The molecule has 3 rings (SSSR count). The van der Waals surface area contributed by atoms with E-state index in [0.29, 0.717) is 17.8 Å². The van der Waals surface area contributed by atoms with E-state index in [2.05, 4.69) is 15.4 Å². The molecular weight excluding hydrogens is 332 g/mol. The van der Waals surface area contributed by atoms with E-state index in [-0.39, 0.29) is 11.4 Å². The van der Waals surface area contributed by atoms with Crippen molar-refractivity contribution in [2.75, 3.05) is 26.1 Å². The molecule has 0 bridgehead atoms. The molecule has 1 aliphatic rings. The van der Waals surface area contributed by atoms with Crippen molar-refractivity contribution in [1.82, 2.24) is 5.32 Å². The SMILES string of the molecule is COC(=O)c1cccc(NC(=O)NCC2(c3ccc(OC)cc3)CC2)c1. The second-order valence-electron chi connectivity index (χ2n) is 6.39. The molecule has 26 heavy (non-hydrogen) atoms. The number of hydrogen-bond acceptors (Lipinski definition) is 4. The summed E-state index contributed by atoms with van der Waals surface area (Å²) in [6.07, 6.45) is 2.08. The second kappa shape index (κ2) is 7.47. The average Bonchev–Trinajstić information content (AvgIpc) is 3.47. The predicted octanol–water partition coefficient (Wildman–Crippen LogP) is 3.34. The molecule has 0 saturated heterocycles. The number of anilines is 1. The highest BCUT2D eigenvalue weighted by Gasteiger charge is 2.44. The molecule has 0 aromatic heterocycles. The van der Waals surface area contributed by atoms with E-state index in [1.165, 1.54) is 12.7 Å². The zero-order chi connectivity index (χ0) is 18.6. The van der Waals surface area contributed by atoms with Crippen LogP contribution in [0.2, 0.25) is 0 Å². The van der Waals surface area contributed by atoms with Crippen molar-refractivity contribution in [2.24, 2.45) is 0 Å². The standard InChI is InChI=1S/C20H22N2O4/c1-25-17-8-6-15(7-9-17)20(10-11-20)13-21-19(24)22-16-5-3-4-14(12-16)18(23)26-2/h3-9,12H,10-11,13H2,1-2H3,(H2,21,22,24). The molecule has 136 valence electrons. The van der Waals surface area contributed by atoms with E-state index in [1.54, 1.807) is 31.4 Å². The summed E-state index contributed by atoms with van der Waals surface area (Å²) in [6, 6.07) is 14.3. The Kier molecular flexibility index (Phi) is 5.11. The number of benzene rings is 2. The lowest BCUT2D eigenvalue weighted by atomic mass is 9.96. The second-order valence-corrected chi connectivity index (χ2v) is 6.39. The van der Waals surface area contributed by atoms with E-state index in [0.717, 1.165) is 18.6 Å². The van der Waals surface area contributed by atoms with Crippen LogP contribution in [0.25, 0.3) is 0 Å². The fraction of sp³-hybridized carbons (Fsp3) is 0.300. The number of urea groups is 1. The zero-order valence-corrected chi connectivity index (χ0v) is 14.9. The van der Waals surface area contributed by atoms with Crippen LogP contribution in [0.5, 0.6) is 5.75 Å². The van der Waals surface area contributed by atoms with Gasteiger partial charge in [-0.15, -0.1) is 0 Å². The highest BCUT2D eigenvalue weighted by atomic mass is 16.5. The van der Waals surface area contributed by atoms with Crippen LogP contribution < -0.4 is 15.4 Å². The van der Waals surface area contributed by atoms with Crippen molar-refractivity contribution in [3.05, 3.63) is 59.7 Å². The van der Waals surface area contributed by atoms with Crippen molar-refractivity contribution in [3.63, 3.8) is 0 Å². The smallest absolute Gasteiger partial charge is 0.337 e. The number of esters is 1. The van der Waals surface area contributed by atoms with Gasteiger partial charge in [0.2, 0.25) is 0 Å². The van der Waals surface area contributed by atoms with Gasteiger partial charge in [0.1, 0.15) is 5.75 Å². The summed E-state index contributed by atoms with van der Waals surface area (Å²) in [5.74, 6) is 0.381. The van der Waals surface area contributed by atoms with Crippen molar-refractivity contribution in [1.29, 1.82) is 0 Å². The lowest BCUT2D eigenvalue weighted by molar-refractivity contribution is 0.0600. The van der Waals surface area contributed by atoms with Gasteiger partial charge in [0.25, 0.3) is 0 Å². The Hall–Kier alpha value is -3.02. The molecule has 0 aliphatic heterocycles. The summed E-state index contributed by atoms with van der Waals surface area (Å²) in [5, 5.41) is 5.68. The Balaban J connectivity index is 1.58. The topological polar surface area (TPSA) is 76.7 Å². The molecule has 2 N–H and O–H groups in total. The number of amides is 2. The minimum atomic E-state index is -0.439. The first-order valence-corrected chi connectivity index (χ1v) is 8.44. The van der Waals surface area contributed by atoms with Crippen molar-refractivity contribution in [2.45, 2.75) is 18.3 Å². The number of rotatable bonds is 6. The van der Waals surface area contributed by atoms with E-state index in [1.807, 2.05) is 24.3 Å². The average molecular weight is 354 g/mol. The van der Waals surface area contributed by atoms with Gasteiger partial charge in [-0.3, -0.25) is 0 Å². The van der Waals surface area contributed by atoms with Crippen LogP contribution in [0, 0.1) is 0 Å². The molecule has 1 fully saturated rings. The molecule has 2 aromatic rings. The van der Waals surface area contributed by atoms with Gasteiger partial charge in [-0.25, -0.2) is 9.59 Å². The summed E-state index contributed by atoms with van der Waals surface area (Å²) < 4.78 is 9.87. The zero-order valence-electron chi connectivity index (χ0n) is 14.9. The molecule has 1 aliphatic carbocycles. The Morgan fingerprint density at radius 3 is 2.42 bits per heavy atom. The maximum absolute atomic E-state index is 12.2. The number of methoxy groups -OCH3 is 2.